The largest absolute Gasteiger partial charge is 0.385 e. The summed E-state index contributed by atoms with van der Waals surface area (Å²) in [6.45, 7) is 0. The van der Waals surface area contributed by atoms with Crippen LogP contribution in [0, 0.1) is 0 Å². The lowest BCUT2D eigenvalue weighted by Crippen LogP contribution is -2.06. The predicted octanol–water partition coefficient (Wildman–Crippen LogP) is 1.49. The molecule has 11 heavy (non-hydrogen) atoms. The van der Waals surface area contributed by atoms with Crippen LogP contribution in [0.1, 0.15) is 24.1 Å². The van der Waals surface area contributed by atoms with Gasteiger partial charge in [-0.15, -0.1) is 0 Å². The third-order valence-corrected chi connectivity index (χ3v) is 2.59. The quantitative estimate of drug-likeness (QED) is 0.596. The maximum Gasteiger partial charge on any atom is 0.103 e. The molecule has 1 aromatic rings. The number of nitrogens with two attached hydrogens (primary N) is 1. The summed E-state index contributed by atoms with van der Waals surface area (Å²) in [5.74, 6) is 0.914. The van der Waals surface area contributed by atoms with Crippen LogP contribution in [-0.2, 0) is 19.9 Å². The van der Waals surface area contributed by atoms with Crippen molar-refractivity contribution in [3.8, 4) is 0 Å². The number of nitrogens with zero attached hydrogens (tertiary/aromatic N) is 1. The maximum atomic E-state index is 5.78. The third kappa shape index (κ3) is 0.934. The summed E-state index contributed by atoms with van der Waals surface area (Å²) in [6, 6.07) is 2.12. The molecule has 0 spiro atoms. The Morgan fingerprint density at radius 2 is 2.09 bits per heavy atom. The lowest BCUT2D eigenvalue weighted by atomic mass is 9.98. The molecular weight excluding hydrogens is 136 g/mol. The summed E-state index contributed by atoms with van der Waals surface area (Å²) in [4.78, 5) is 0. The Morgan fingerprint density at radius 3 is 2.82 bits per heavy atom. The van der Waals surface area contributed by atoms with E-state index in [1.54, 1.807) is 0 Å². The molecule has 0 atom stereocenters. The fraction of sp³-hybridized carbons (Fsp3) is 0.556. The molecule has 0 aromatic carbocycles. The topological polar surface area (TPSA) is 30.9 Å². The number of hydrogen-bond acceptors (Lipinski definition) is 1. The minimum absolute atomic E-state index is 0.914. The van der Waals surface area contributed by atoms with Gasteiger partial charge < -0.3 is 10.3 Å². The average molecular weight is 150 g/mol. The van der Waals surface area contributed by atoms with Crippen molar-refractivity contribution in [1.82, 2.24) is 4.57 Å². The molecule has 2 N–H and O–H groups in total. The fourth-order valence-electron chi connectivity index (χ4n) is 1.88. The lowest BCUT2D eigenvalue weighted by molar-refractivity contribution is 0.650. The van der Waals surface area contributed by atoms with E-state index in [2.05, 4.69) is 17.7 Å². The Kier molecular flexibility index (Phi) is 1.41. The normalized spacial score (nSPS) is 16.5. The van der Waals surface area contributed by atoms with Gasteiger partial charge >= 0.3 is 0 Å². The summed E-state index contributed by atoms with van der Waals surface area (Å²) in [5.41, 5.74) is 8.70. The van der Waals surface area contributed by atoms with Gasteiger partial charge in [0.05, 0.1) is 0 Å². The van der Waals surface area contributed by atoms with Crippen molar-refractivity contribution >= 4 is 5.82 Å². The molecule has 0 amide bonds. The van der Waals surface area contributed by atoms with E-state index < -0.39 is 0 Å². The Bertz CT molecular complexity index is 273. The van der Waals surface area contributed by atoms with Crippen molar-refractivity contribution < 1.29 is 0 Å². The van der Waals surface area contributed by atoms with E-state index in [0.29, 0.717) is 0 Å². The summed E-state index contributed by atoms with van der Waals surface area (Å²) in [6.07, 6.45) is 5.09. The van der Waals surface area contributed by atoms with E-state index in [4.69, 9.17) is 5.73 Å². The zero-order valence-corrected chi connectivity index (χ0v) is 6.93. The van der Waals surface area contributed by atoms with E-state index in [1.807, 2.05) is 0 Å². The second-order valence-electron chi connectivity index (χ2n) is 3.31. The second-order valence-corrected chi connectivity index (χ2v) is 3.31. The number of nitrogen functional groups attached to an aromatic ring is 1. The number of anilines is 1. The van der Waals surface area contributed by atoms with Gasteiger partial charge in [0.1, 0.15) is 5.82 Å². The van der Waals surface area contributed by atoms with Crippen LogP contribution in [0.15, 0.2) is 6.07 Å². The molecule has 0 radical (unpaired) electrons. The van der Waals surface area contributed by atoms with E-state index in [9.17, 15) is 0 Å². The summed E-state index contributed by atoms with van der Waals surface area (Å²) < 4.78 is 2.12. The summed E-state index contributed by atoms with van der Waals surface area (Å²) >= 11 is 0. The third-order valence-electron chi connectivity index (χ3n) is 2.59. The van der Waals surface area contributed by atoms with Crippen LogP contribution in [0.4, 0.5) is 5.82 Å². The molecule has 60 valence electrons. The molecule has 1 aliphatic rings. The number of aryl methyl sites for hydroxylation is 1. The fourth-order valence-corrected chi connectivity index (χ4v) is 1.88. The SMILES string of the molecule is Cn1c(N)cc2c1CCCC2. The van der Waals surface area contributed by atoms with Crippen LogP contribution in [0.5, 0.6) is 0 Å². The molecule has 0 bridgehead atoms. The summed E-state index contributed by atoms with van der Waals surface area (Å²) in [5, 5.41) is 0. The van der Waals surface area contributed by atoms with Crippen LogP contribution in [0.3, 0.4) is 0 Å². The Morgan fingerprint density at radius 1 is 1.36 bits per heavy atom. The van der Waals surface area contributed by atoms with E-state index >= 15 is 0 Å². The molecule has 1 aliphatic carbocycles. The molecule has 0 unspecified atom stereocenters. The van der Waals surface area contributed by atoms with Crippen molar-refractivity contribution in [1.29, 1.82) is 0 Å². The molecule has 2 heteroatoms. The molecule has 2 rings (SSSR count). The van der Waals surface area contributed by atoms with Crippen LogP contribution in [0.25, 0.3) is 0 Å². The highest BCUT2D eigenvalue weighted by Gasteiger charge is 2.13. The van der Waals surface area contributed by atoms with Crippen LogP contribution in [-0.4, -0.2) is 4.57 Å². The minimum Gasteiger partial charge on any atom is -0.385 e. The average Bonchev–Trinajstić information content (AvgIpc) is 2.30. The first-order valence-corrected chi connectivity index (χ1v) is 4.22. The van der Waals surface area contributed by atoms with Gasteiger partial charge in [-0.25, -0.2) is 0 Å². The Labute approximate surface area is 67.0 Å². The van der Waals surface area contributed by atoms with Gasteiger partial charge in [0.15, 0.2) is 0 Å². The molecule has 1 heterocycles. The molecule has 0 aliphatic heterocycles. The van der Waals surface area contributed by atoms with Crippen molar-refractivity contribution in [3.63, 3.8) is 0 Å². The zero-order chi connectivity index (χ0) is 7.84. The highest BCUT2D eigenvalue weighted by atomic mass is 15.0. The van der Waals surface area contributed by atoms with Gasteiger partial charge in [-0.3, -0.25) is 0 Å². The smallest absolute Gasteiger partial charge is 0.103 e. The first-order chi connectivity index (χ1) is 5.29. The standard InChI is InChI=1S/C9H14N2/c1-11-8-5-3-2-4-7(8)6-9(11)10/h6H,2-5,10H2,1H3. The lowest BCUT2D eigenvalue weighted by Gasteiger charge is -2.12. The van der Waals surface area contributed by atoms with Gasteiger partial charge in [-0.05, 0) is 37.3 Å². The minimum atomic E-state index is 0.914. The van der Waals surface area contributed by atoms with Crippen LogP contribution in [0.2, 0.25) is 0 Å². The highest BCUT2D eigenvalue weighted by molar-refractivity contribution is 5.42. The molecule has 0 saturated heterocycles. The van der Waals surface area contributed by atoms with Gasteiger partial charge in [-0.2, -0.15) is 0 Å². The molecular formula is C9H14N2. The molecule has 1 aromatic heterocycles. The molecule has 2 nitrogen and oxygen atoms in total. The monoisotopic (exact) mass is 150 g/mol. The maximum absolute atomic E-state index is 5.78. The Hall–Kier alpha value is -0.920. The number of hydrogen-bond donors (Lipinski definition) is 1. The van der Waals surface area contributed by atoms with Crippen molar-refractivity contribution in [2.24, 2.45) is 7.05 Å². The molecule has 0 fully saturated rings. The Balaban J connectivity index is 2.50. The van der Waals surface area contributed by atoms with Crippen molar-refractivity contribution in [3.05, 3.63) is 17.3 Å². The first-order valence-electron chi connectivity index (χ1n) is 4.22. The van der Waals surface area contributed by atoms with Gasteiger partial charge in [0.2, 0.25) is 0 Å². The van der Waals surface area contributed by atoms with Gasteiger partial charge in [-0.1, -0.05) is 0 Å². The number of fused-ring (bicyclic) bond motifs is 1. The highest BCUT2D eigenvalue weighted by Crippen LogP contribution is 2.24. The predicted molar refractivity (Wildman–Crippen MR) is 46.5 cm³/mol. The number of rotatable bonds is 0. The van der Waals surface area contributed by atoms with Gasteiger partial charge in [0.25, 0.3) is 0 Å². The van der Waals surface area contributed by atoms with Crippen LogP contribution >= 0.6 is 0 Å². The molecule has 0 saturated carbocycles. The summed E-state index contributed by atoms with van der Waals surface area (Å²) in [7, 11) is 2.06. The van der Waals surface area contributed by atoms with E-state index in [1.165, 1.54) is 36.9 Å². The van der Waals surface area contributed by atoms with E-state index in [-0.39, 0.29) is 0 Å². The first kappa shape index (κ1) is 6.77. The van der Waals surface area contributed by atoms with Gasteiger partial charge in [0, 0.05) is 12.7 Å². The van der Waals surface area contributed by atoms with E-state index in [0.717, 1.165) is 5.82 Å². The number of aromatic nitrogens is 1. The second kappa shape index (κ2) is 2.29. The van der Waals surface area contributed by atoms with Crippen molar-refractivity contribution in [2.45, 2.75) is 25.7 Å². The van der Waals surface area contributed by atoms with Crippen molar-refractivity contribution in [2.75, 3.05) is 5.73 Å². The zero-order valence-electron chi connectivity index (χ0n) is 6.93. The van der Waals surface area contributed by atoms with Crippen LogP contribution < -0.4 is 5.73 Å².